The standard InChI is InChI=1S/C15H17N3O/c1-17-15(19)11-8-9-14(13(16)10-11)18(2)12-6-4-3-5-7-12/h3-10H,16H2,1-2H3,(H,17,19). The molecule has 0 atom stereocenters. The molecule has 0 bridgehead atoms. The van der Waals surface area contributed by atoms with Crippen molar-refractivity contribution < 1.29 is 4.79 Å². The van der Waals surface area contributed by atoms with Crippen molar-refractivity contribution in [2.75, 3.05) is 24.7 Å². The van der Waals surface area contributed by atoms with Crippen molar-refractivity contribution in [3.05, 3.63) is 54.1 Å². The highest BCUT2D eigenvalue weighted by Crippen LogP contribution is 2.29. The van der Waals surface area contributed by atoms with Gasteiger partial charge in [-0.3, -0.25) is 4.79 Å². The van der Waals surface area contributed by atoms with Gasteiger partial charge in [-0.05, 0) is 30.3 Å². The summed E-state index contributed by atoms with van der Waals surface area (Å²) in [5.74, 6) is -0.138. The van der Waals surface area contributed by atoms with Crippen LogP contribution in [0, 0.1) is 0 Å². The number of nitrogens with two attached hydrogens (primary N) is 1. The van der Waals surface area contributed by atoms with Crippen molar-refractivity contribution >= 4 is 23.0 Å². The van der Waals surface area contributed by atoms with Gasteiger partial charge in [-0.15, -0.1) is 0 Å². The van der Waals surface area contributed by atoms with Crippen molar-refractivity contribution in [2.45, 2.75) is 0 Å². The predicted octanol–water partition coefficient (Wildman–Crippen LogP) is 2.40. The maximum atomic E-state index is 11.5. The van der Waals surface area contributed by atoms with Crippen LogP contribution in [0.4, 0.5) is 17.1 Å². The first-order valence-corrected chi connectivity index (χ1v) is 6.04. The first-order chi connectivity index (χ1) is 9.13. The summed E-state index contributed by atoms with van der Waals surface area (Å²) in [6.07, 6.45) is 0. The van der Waals surface area contributed by atoms with Crippen LogP contribution in [-0.2, 0) is 0 Å². The number of nitrogens with one attached hydrogen (secondary N) is 1. The zero-order valence-corrected chi connectivity index (χ0v) is 11.1. The number of hydrogen-bond acceptors (Lipinski definition) is 3. The van der Waals surface area contributed by atoms with E-state index in [2.05, 4.69) is 5.32 Å². The van der Waals surface area contributed by atoms with E-state index in [1.807, 2.05) is 48.3 Å². The van der Waals surface area contributed by atoms with Gasteiger partial charge in [-0.25, -0.2) is 0 Å². The lowest BCUT2D eigenvalue weighted by Gasteiger charge is -2.21. The molecule has 0 aliphatic rings. The quantitative estimate of drug-likeness (QED) is 0.828. The molecular weight excluding hydrogens is 238 g/mol. The number of nitrogen functional groups attached to an aromatic ring is 1. The summed E-state index contributed by atoms with van der Waals surface area (Å²) >= 11 is 0. The number of benzene rings is 2. The molecule has 0 saturated carbocycles. The second-order valence-electron chi connectivity index (χ2n) is 4.25. The minimum Gasteiger partial charge on any atom is -0.397 e. The highest BCUT2D eigenvalue weighted by Gasteiger charge is 2.10. The van der Waals surface area contributed by atoms with E-state index in [1.165, 1.54) is 0 Å². The Labute approximate surface area is 112 Å². The van der Waals surface area contributed by atoms with Gasteiger partial charge in [-0.1, -0.05) is 18.2 Å². The molecule has 0 aliphatic carbocycles. The van der Waals surface area contributed by atoms with Crippen LogP contribution in [0.2, 0.25) is 0 Å². The van der Waals surface area contributed by atoms with Gasteiger partial charge < -0.3 is 16.0 Å². The predicted molar refractivity (Wildman–Crippen MR) is 78.7 cm³/mol. The molecule has 4 nitrogen and oxygen atoms in total. The van der Waals surface area contributed by atoms with E-state index in [0.29, 0.717) is 11.3 Å². The molecule has 0 aromatic heterocycles. The molecule has 0 fully saturated rings. The van der Waals surface area contributed by atoms with E-state index in [1.54, 1.807) is 19.2 Å². The zero-order valence-electron chi connectivity index (χ0n) is 11.1. The summed E-state index contributed by atoms with van der Waals surface area (Å²) in [6.45, 7) is 0. The normalized spacial score (nSPS) is 10.0. The van der Waals surface area contributed by atoms with Gasteiger partial charge in [0.2, 0.25) is 0 Å². The molecule has 0 saturated heterocycles. The van der Waals surface area contributed by atoms with Crippen LogP contribution in [0.5, 0.6) is 0 Å². The van der Waals surface area contributed by atoms with E-state index >= 15 is 0 Å². The van der Waals surface area contributed by atoms with Gasteiger partial charge in [0.1, 0.15) is 0 Å². The number of carbonyl (C=O) groups excluding carboxylic acids is 1. The minimum absolute atomic E-state index is 0.138. The van der Waals surface area contributed by atoms with E-state index in [4.69, 9.17) is 5.73 Å². The fourth-order valence-electron chi connectivity index (χ4n) is 1.94. The molecule has 2 rings (SSSR count). The third kappa shape index (κ3) is 2.68. The molecule has 2 aromatic carbocycles. The smallest absolute Gasteiger partial charge is 0.251 e. The fraction of sp³-hybridized carbons (Fsp3) is 0.133. The Hall–Kier alpha value is -2.49. The summed E-state index contributed by atoms with van der Waals surface area (Å²) < 4.78 is 0. The average molecular weight is 255 g/mol. The molecule has 2 aromatic rings. The van der Waals surface area contributed by atoms with Crippen LogP contribution < -0.4 is 16.0 Å². The molecular formula is C15H17N3O. The Morgan fingerprint density at radius 3 is 2.42 bits per heavy atom. The third-order valence-corrected chi connectivity index (χ3v) is 3.02. The van der Waals surface area contributed by atoms with Crippen LogP contribution in [-0.4, -0.2) is 20.0 Å². The first kappa shape index (κ1) is 13.0. The summed E-state index contributed by atoms with van der Waals surface area (Å²) in [6, 6.07) is 15.2. The maximum absolute atomic E-state index is 11.5. The highest BCUT2D eigenvalue weighted by atomic mass is 16.1. The number of para-hydroxylation sites is 1. The molecule has 0 radical (unpaired) electrons. The van der Waals surface area contributed by atoms with Crippen LogP contribution in [0.25, 0.3) is 0 Å². The molecule has 98 valence electrons. The molecule has 0 unspecified atom stereocenters. The van der Waals surface area contributed by atoms with Crippen LogP contribution in [0.15, 0.2) is 48.5 Å². The monoisotopic (exact) mass is 255 g/mol. The number of carbonyl (C=O) groups is 1. The van der Waals surface area contributed by atoms with Crippen LogP contribution in [0.1, 0.15) is 10.4 Å². The molecule has 1 amide bonds. The SMILES string of the molecule is CNC(=O)c1ccc(N(C)c2ccccc2)c(N)c1. The number of rotatable bonds is 3. The largest absolute Gasteiger partial charge is 0.397 e. The van der Waals surface area contributed by atoms with Gasteiger partial charge in [0.25, 0.3) is 5.91 Å². The molecule has 3 N–H and O–H groups in total. The highest BCUT2D eigenvalue weighted by molar-refractivity contribution is 5.96. The third-order valence-electron chi connectivity index (χ3n) is 3.02. The van der Waals surface area contributed by atoms with Crippen molar-refractivity contribution in [3.63, 3.8) is 0 Å². The lowest BCUT2D eigenvalue weighted by Crippen LogP contribution is -2.18. The van der Waals surface area contributed by atoms with Crippen molar-refractivity contribution in [1.29, 1.82) is 0 Å². The second kappa shape index (κ2) is 5.44. The Morgan fingerprint density at radius 1 is 1.16 bits per heavy atom. The fourth-order valence-corrected chi connectivity index (χ4v) is 1.94. The van der Waals surface area contributed by atoms with E-state index in [9.17, 15) is 4.79 Å². The van der Waals surface area contributed by atoms with Gasteiger partial charge >= 0.3 is 0 Å². The van der Waals surface area contributed by atoms with Crippen LogP contribution >= 0.6 is 0 Å². The van der Waals surface area contributed by atoms with Gasteiger partial charge in [0.05, 0.1) is 11.4 Å². The van der Waals surface area contributed by atoms with Crippen molar-refractivity contribution in [3.8, 4) is 0 Å². The number of nitrogens with zero attached hydrogens (tertiary/aromatic N) is 1. The minimum atomic E-state index is -0.138. The summed E-state index contributed by atoms with van der Waals surface area (Å²) in [5, 5.41) is 2.58. The van der Waals surface area contributed by atoms with E-state index < -0.39 is 0 Å². The van der Waals surface area contributed by atoms with Gasteiger partial charge in [0, 0.05) is 25.3 Å². The molecule has 19 heavy (non-hydrogen) atoms. The Kier molecular flexibility index (Phi) is 3.71. The van der Waals surface area contributed by atoms with E-state index in [-0.39, 0.29) is 5.91 Å². The lowest BCUT2D eigenvalue weighted by molar-refractivity contribution is 0.0963. The molecule has 0 spiro atoms. The topological polar surface area (TPSA) is 58.4 Å². The average Bonchev–Trinajstić information content (AvgIpc) is 2.46. The first-order valence-electron chi connectivity index (χ1n) is 6.04. The Balaban J connectivity index is 2.34. The Bertz CT molecular complexity index is 581. The molecule has 0 aliphatic heterocycles. The summed E-state index contributed by atoms with van der Waals surface area (Å²) in [7, 11) is 3.54. The van der Waals surface area contributed by atoms with Gasteiger partial charge in [-0.2, -0.15) is 0 Å². The molecule has 0 heterocycles. The van der Waals surface area contributed by atoms with Crippen molar-refractivity contribution in [2.24, 2.45) is 0 Å². The lowest BCUT2D eigenvalue weighted by atomic mass is 10.1. The Morgan fingerprint density at radius 2 is 1.84 bits per heavy atom. The van der Waals surface area contributed by atoms with Crippen LogP contribution in [0.3, 0.4) is 0 Å². The number of anilines is 3. The second-order valence-corrected chi connectivity index (χ2v) is 4.25. The van der Waals surface area contributed by atoms with Gasteiger partial charge in [0.15, 0.2) is 0 Å². The maximum Gasteiger partial charge on any atom is 0.251 e. The molecule has 4 heteroatoms. The summed E-state index contributed by atoms with van der Waals surface area (Å²) in [4.78, 5) is 13.5. The number of amides is 1. The zero-order chi connectivity index (χ0) is 13.8. The summed E-state index contributed by atoms with van der Waals surface area (Å²) in [5.41, 5.74) is 9.08. The van der Waals surface area contributed by atoms with E-state index in [0.717, 1.165) is 11.4 Å². The van der Waals surface area contributed by atoms with Crippen molar-refractivity contribution in [1.82, 2.24) is 5.32 Å². The number of hydrogen-bond donors (Lipinski definition) is 2.